The van der Waals surface area contributed by atoms with Crippen LogP contribution in [0.1, 0.15) is 27.6 Å². The number of pyridine rings is 2. The average Bonchev–Trinajstić information content (AvgIpc) is 3.09. The van der Waals surface area contributed by atoms with Gasteiger partial charge in [0, 0.05) is 61.0 Å². The number of fused-ring (bicyclic) bond motifs is 2. The third kappa shape index (κ3) is 5.91. The molecule has 1 atom stereocenters. The van der Waals surface area contributed by atoms with E-state index >= 15 is 8.78 Å². The molecule has 53 heavy (non-hydrogen) atoms. The Morgan fingerprint density at radius 1 is 0.604 bits per heavy atom. The number of aromatic carboxylic acids is 2. The summed E-state index contributed by atoms with van der Waals surface area (Å²) in [6.07, 6.45) is 1.73. The number of carbonyl (C=O) groups is 2. The van der Waals surface area contributed by atoms with Crippen LogP contribution in [0.25, 0.3) is 33.2 Å². The Balaban J connectivity index is 1.30. The van der Waals surface area contributed by atoms with Crippen LogP contribution in [0.2, 0.25) is 0 Å². The van der Waals surface area contributed by atoms with E-state index < -0.39 is 74.9 Å². The lowest BCUT2D eigenvalue weighted by Gasteiger charge is -2.42. The van der Waals surface area contributed by atoms with Crippen molar-refractivity contribution in [2.24, 2.45) is 0 Å². The normalized spacial score (nSPS) is 14.7. The fourth-order valence-corrected chi connectivity index (χ4v) is 6.72. The summed E-state index contributed by atoms with van der Waals surface area (Å²) in [5.41, 5.74) is -4.53. The predicted molar refractivity (Wildman–Crippen MR) is 182 cm³/mol. The van der Waals surface area contributed by atoms with Crippen molar-refractivity contribution >= 4 is 45.1 Å². The molecule has 6 aromatic rings. The van der Waals surface area contributed by atoms with Crippen molar-refractivity contribution in [1.82, 2.24) is 9.13 Å². The van der Waals surface area contributed by atoms with Gasteiger partial charge in [0.1, 0.15) is 46.0 Å². The van der Waals surface area contributed by atoms with Gasteiger partial charge in [-0.25, -0.2) is 35.9 Å². The van der Waals surface area contributed by atoms with E-state index in [2.05, 4.69) is 0 Å². The van der Waals surface area contributed by atoms with Crippen molar-refractivity contribution in [3.05, 3.63) is 140 Å². The fourth-order valence-electron chi connectivity index (χ4n) is 6.72. The first kappa shape index (κ1) is 34.9. The maximum absolute atomic E-state index is 15.8. The molecule has 0 bridgehead atoms. The molecule has 1 aliphatic heterocycles. The second-order valence-electron chi connectivity index (χ2n) is 12.4. The largest absolute Gasteiger partial charge is 0.477 e. The molecule has 1 fully saturated rings. The topological polar surface area (TPSA) is 125 Å². The van der Waals surface area contributed by atoms with E-state index in [1.165, 1.54) is 12.1 Å². The Hall–Kier alpha value is -6.58. The molecule has 10 nitrogen and oxygen atoms in total. The highest BCUT2D eigenvalue weighted by Gasteiger charge is 2.30. The zero-order valence-corrected chi connectivity index (χ0v) is 27.2. The molecule has 1 aliphatic rings. The molecule has 0 amide bonds. The summed E-state index contributed by atoms with van der Waals surface area (Å²) in [4.78, 5) is 53.1. The highest BCUT2D eigenvalue weighted by Crippen LogP contribution is 2.33. The van der Waals surface area contributed by atoms with Crippen LogP contribution in [0, 0.1) is 34.9 Å². The van der Waals surface area contributed by atoms with E-state index in [4.69, 9.17) is 0 Å². The number of anilines is 2. The molecule has 2 aromatic heterocycles. The Morgan fingerprint density at radius 2 is 1.04 bits per heavy atom. The molecule has 0 spiro atoms. The fraction of sp³-hybridized carbons (Fsp3) is 0.135. The summed E-state index contributed by atoms with van der Waals surface area (Å²) in [6, 6.07) is 8.60. The number of rotatable bonds is 6. The molecule has 0 radical (unpaired) electrons. The molecular weight excluding hydrogens is 710 g/mol. The molecule has 1 unspecified atom stereocenters. The summed E-state index contributed by atoms with van der Waals surface area (Å²) >= 11 is 0. The summed E-state index contributed by atoms with van der Waals surface area (Å²) in [5, 5.41) is 18.5. The van der Waals surface area contributed by atoms with Gasteiger partial charge in [-0.3, -0.25) is 9.59 Å². The standard InChI is InChI=1S/C37H24F6N4O6/c1-17-14-44(32-12-30-20(10-26(32)42)34(48)22(36(50)51)15-46(30)28-4-2-18(38)8-24(28)40)6-7-45(17)33-13-31-21(11-27(33)43)35(49)23(37(52)53)16-47(31)29-5-3-19(39)9-25(29)41/h2-5,8-13,15-17H,6-7,14H2,1H3,(H,50,51)(H,52,53). The van der Waals surface area contributed by atoms with E-state index in [9.17, 15) is 47.0 Å². The molecule has 2 N–H and O–H groups in total. The second kappa shape index (κ2) is 12.9. The number of benzene rings is 4. The number of carboxylic acids is 2. The third-order valence-electron chi connectivity index (χ3n) is 9.22. The molecule has 3 heterocycles. The maximum Gasteiger partial charge on any atom is 0.341 e. The summed E-state index contributed by atoms with van der Waals surface area (Å²) in [7, 11) is 0. The summed E-state index contributed by atoms with van der Waals surface area (Å²) in [5.74, 6) is -9.11. The van der Waals surface area contributed by atoms with Crippen molar-refractivity contribution in [2.75, 3.05) is 29.4 Å². The zero-order valence-electron chi connectivity index (χ0n) is 27.2. The van der Waals surface area contributed by atoms with Gasteiger partial charge in [-0.05, 0) is 55.5 Å². The number of halogens is 6. The number of hydrogen-bond donors (Lipinski definition) is 2. The Morgan fingerprint density at radius 3 is 1.47 bits per heavy atom. The first-order chi connectivity index (χ1) is 25.1. The second-order valence-corrected chi connectivity index (χ2v) is 12.4. The van der Waals surface area contributed by atoms with Crippen LogP contribution in [0.3, 0.4) is 0 Å². The van der Waals surface area contributed by atoms with Gasteiger partial charge < -0.3 is 29.1 Å². The smallest absolute Gasteiger partial charge is 0.341 e. The highest BCUT2D eigenvalue weighted by atomic mass is 19.2. The molecule has 0 aliphatic carbocycles. The van der Waals surface area contributed by atoms with E-state index in [0.717, 1.165) is 57.9 Å². The SMILES string of the molecule is CC1CN(c2cc3c(cc2F)c(=O)c(C(=O)O)cn3-c2ccc(F)cc2F)CCN1c1cc2c(cc1F)c(=O)c(C(=O)O)cn2-c1ccc(F)cc1F. The third-order valence-corrected chi connectivity index (χ3v) is 9.22. The highest BCUT2D eigenvalue weighted by molar-refractivity contribution is 5.95. The molecule has 4 aromatic carbocycles. The molecule has 0 saturated carbocycles. The van der Waals surface area contributed by atoms with Gasteiger partial charge in [-0.1, -0.05) is 0 Å². The van der Waals surface area contributed by atoms with E-state index in [1.54, 1.807) is 16.7 Å². The van der Waals surface area contributed by atoms with Gasteiger partial charge in [-0.15, -0.1) is 0 Å². The zero-order chi connectivity index (χ0) is 38.0. The van der Waals surface area contributed by atoms with Crippen LogP contribution in [0.15, 0.2) is 82.6 Å². The number of carboxylic acid groups (broad SMARTS) is 2. The molecule has 1 saturated heterocycles. The van der Waals surface area contributed by atoms with Gasteiger partial charge in [-0.2, -0.15) is 0 Å². The lowest BCUT2D eigenvalue weighted by Crippen LogP contribution is -2.52. The summed E-state index contributed by atoms with van der Waals surface area (Å²) < 4.78 is 91.1. The number of piperazine rings is 1. The van der Waals surface area contributed by atoms with Crippen molar-refractivity contribution in [2.45, 2.75) is 13.0 Å². The number of nitrogens with zero attached hydrogens (tertiary/aromatic N) is 4. The Bertz CT molecular complexity index is 2680. The monoisotopic (exact) mass is 734 g/mol. The first-order valence-corrected chi connectivity index (χ1v) is 15.8. The molecular formula is C37H24F6N4O6. The van der Waals surface area contributed by atoms with Crippen molar-refractivity contribution in [1.29, 1.82) is 0 Å². The Kier molecular flexibility index (Phi) is 8.47. The van der Waals surface area contributed by atoms with Gasteiger partial charge in [0.25, 0.3) is 0 Å². The van der Waals surface area contributed by atoms with Crippen LogP contribution in [-0.2, 0) is 0 Å². The van der Waals surface area contributed by atoms with E-state index in [-0.39, 0.29) is 64.2 Å². The van der Waals surface area contributed by atoms with E-state index in [0.29, 0.717) is 12.1 Å². The van der Waals surface area contributed by atoms with Gasteiger partial charge in [0.2, 0.25) is 10.9 Å². The lowest BCUT2D eigenvalue weighted by atomic mass is 10.1. The van der Waals surface area contributed by atoms with Gasteiger partial charge in [0.05, 0.1) is 33.8 Å². The van der Waals surface area contributed by atoms with Crippen molar-refractivity contribution in [3.63, 3.8) is 0 Å². The minimum absolute atomic E-state index is 0.0274. The van der Waals surface area contributed by atoms with Crippen LogP contribution in [-0.4, -0.2) is 57.0 Å². The van der Waals surface area contributed by atoms with Crippen LogP contribution in [0.5, 0.6) is 0 Å². The molecule has 16 heteroatoms. The number of hydrogen-bond acceptors (Lipinski definition) is 6. The van der Waals surface area contributed by atoms with Crippen LogP contribution >= 0.6 is 0 Å². The average molecular weight is 735 g/mol. The van der Waals surface area contributed by atoms with Crippen LogP contribution < -0.4 is 20.7 Å². The van der Waals surface area contributed by atoms with Crippen LogP contribution in [0.4, 0.5) is 37.7 Å². The molecule has 270 valence electrons. The van der Waals surface area contributed by atoms with Crippen molar-refractivity contribution in [3.8, 4) is 11.4 Å². The summed E-state index contributed by atoms with van der Waals surface area (Å²) in [6.45, 7) is 1.77. The van der Waals surface area contributed by atoms with Gasteiger partial charge >= 0.3 is 11.9 Å². The lowest BCUT2D eigenvalue weighted by molar-refractivity contribution is 0.0684. The maximum atomic E-state index is 15.8. The molecule has 7 rings (SSSR count). The van der Waals surface area contributed by atoms with E-state index in [1.807, 2.05) is 0 Å². The first-order valence-electron chi connectivity index (χ1n) is 15.8. The minimum Gasteiger partial charge on any atom is -0.477 e. The minimum atomic E-state index is -1.65. The Labute approximate surface area is 293 Å². The van der Waals surface area contributed by atoms with Gasteiger partial charge in [0.15, 0.2) is 0 Å². The predicted octanol–water partition coefficient (Wildman–Crippen LogP) is 6.24. The quantitative estimate of drug-likeness (QED) is 0.193. The number of aromatic nitrogens is 2. The van der Waals surface area contributed by atoms with Crippen molar-refractivity contribution < 1.29 is 46.1 Å².